The number of benzene rings is 1. The van der Waals surface area contributed by atoms with Crippen molar-refractivity contribution in [2.75, 3.05) is 10.6 Å². The zero-order valence-corrected chi connectivity index (χ0v) is 18.6. The number of halogens is 4. The van der Waals surface area contributed by atoms with Crippen molar-refractivity contribution in [3.63, 3.8) is 0 Å². The van der Waals surface area contributed by atoms with Gasteiger partial charge < -0.3 is 10.6 Å². The van der Waals surface area contributed by atoms with Crippen LogP contribution in [0.2, 0.25) is 5.02 Å². The van der Waals surface area contributed by atoms with Crippen molar-refractivity contribution in [1.29, 1.82) is 0 Å². The average molecular weight is 501 g/mol. The number of aromatic nitrogens is 4. The number of fused-ring (bicyclic) bond motifs is 1. The van der Waals surface area contributed by atoms with Crippen LogP contribution in [0.25, 0.3) is 16.9 Å². The quantitative estimate of drug-likeness (QED) is 0.383. The van der Waals surface area contributed by atoms with Gasteiger partial charge in [0.25, 0.3) is 0 Å². The van der Waals surface area contributed by atoms with Gasteiger partial charge in [-0.2, -0.15) is 13.2 Å². The number of hydrogen-bond acceptors (Lipinski definition) is 5. The Morgan fingerprint density at radius 2 is 1.71 bits per heavy atom. The van der Waals surface area contributed by atoms with E-state index in [0.29, 0.717) is 17.4 Å². The van der Waals surface area contributed by atoms with E-state index in [1.165, 1.54) is 0 Å². The van der Waals surface area contributed by atoms with Crippen LogP contribution in [0.1, 0.15) is 18.4 Å². The molecule has 0 spiro atoms. The summed E-state index contributed by atoms with van der Waals surface area (Å²) in [5.41, 5.74) is 0.354. The van der Waals surface area contributed by atoms with Crippen LogP contribution in [-0.2, 0) is 15.8 Å². The summed E-state index contributed by atoms with van der Waals surface area (Å²) in [6.07, 6.45) is 3.41. The van der Waals surface area contributed by atoms with Gasteiger partial charge in [-0.15, -0.1) is 0 Å². The molecule has 8 nitrogen and oxygen atoms in total. The number of carbonyl (C=O) groups excluding carboxylic acids is 2. The van der Waals surface area contributed by atoms with Gasteiger partial charge in [-0.05, 0) is 31.0 Å². The Morgan fingerprint density at radius 3 is 2.40 bits per heavy atom. The second kappa shape index (κ2) is 8.35. The Kier molecular flexibility index (Phi) is 5.43. The summed E-state index contributed by atoms with van der Waals surface area (Å²) >= 11 is 5.57. The van der Waals surface area contributed by atoms with Crippen molar-refractivity contribution in [3.05, 3.63) is 71.9 Å². The van der Waals surface area contributed by atoms with Crippen molar-refractivity contribution in [2.24, 2.45) is 5.41 Å². The Bertz CT molecular complexity index is 1450. The van der Waals surface area contributed by atoms with Crippen molar-refractivity contribution < 1.29 is 22.8 Å². The monoisotopic (exact) mass is 500 g/mol. The third kappa shape index (κ3) is 4.30. The minimum Gasteiger partial charge on any atom is -0.325 e. The highest BCUT2D eigenvalue weighted by Crippen LogP contribution is 2.47. The van der Waals surface area contributed by atoms with Gasteiger partial charge in [0, 0.05) is 29.8 Å². The molecule has 1 fully saturated rings. The summed E-state index contributed by atoms with van der Waals surface area (Å²) in [6, 6.07) is 7.63. The predicted molar refractivity (Wildman–Crippen MR) is 122 cm³/mol. The summed E-state index contributed by atoms with van der Waals surface area (Å²) in [5.74, 6) is -1.61. The Hall–Kier alpha value is -3.99. The normalized spacial score (nSPS) is 14.5. The van der Waals surface area contributed by atoms with Crippen LogP contribution in [-0.4, -0.2) is 31.2 Å². The number of hydrogen-bond donors (Lipinski definition) is 2. The maximum atomic E-state index is 13.1. The van der Waals surface area contributed by atoms with Crippen molar-refractivity contribution >= 4 is 40.6 Å². The van der Waals surface area contributed by atoms with Crippen LogP contribution in [0.4, 0.5) is 24.7 Å². The first kappa shape index (κ1) is 22.8. The molecule has 0 radical (unpaired) electrons. The van der Waals surface area contributed by atoms with Gasteiger partial charge in [-0.25, -0.2) is 9.97 Å². The molecular formula is C23H16ClF3N6O2. The summed E-state index contributed by atoms with van der Waals surface area (Å²) in [5, 5.41) is 4.44. The van der Waals surface area contributed by atoms with Gasteiger partial charge in [0.05, 0.1) is 28.7 Å². The number of pyridine rings is 1. The second-order valence-electron chi connectivity index (χ2n) is 8.06. The Labute approximate surface area is 201 Å². The van der Waals surface area contributed by atoms with Gasteiger partial charge in [0.1, 0.15) is 11.2 Å². The Morgan fingerprint density at radius 1 is 1.00 bits per heavy atom. The molecule has 0 atom stereocenters. The van der Waals surface area contributed by atoms with Gasteiger partial charge in [-0.3, -0.25) is 19.0 Å². The van der Waals surface area contributed by atoms with E-state index in [1.54, 1.807) is 49.1 Å². The number of anilines is 2. The molecule has 35 heavy (non-hydrogen) atoms. The van der Waals surface area contributed by atoms with E-state index in [4.69, 9.17) is 11.6 Å². The molecule has 0 saturated heterocycles. The molecule has 1 aromatic carbocycles. The fraction of sp³-hybridized carbons (Fsp3) is 0.174. The van der Waals surface area contributed by atoms with Crippen molar-refractivity contribution in [2.45, 2.75) is 19.0 Å². The number of nitrogens with zero attached hydrogens (tertiary/aromatic N) is 4. The summed E-state index contributed by atoms with van der Waals surface area (Å²) in [7, 11) is 0. The van der Waals surface area contributed by atoms with E-state index in [-0.39, 0.29) is 18.7 Å². The molecule has 1 aliphatic rings. The summed E-state index contributed by atoms with van der Waals surface area (Å²) in [4.78, 5) is 37.7. The first-order valence-corrected chi connectivity index (χ1v) is 10.8. The van der Waals surface area contributed by atoms with Crippen LogP contribution in [0.15, 0.2) is 61.3 Å². The fourth-order valence-corrected chi connectivity index (χ4v) is 3.88. The molecule has 1 aliphatic carbocycles. The number of rotatable bonds is 5. The molecule has 3 heterocycles. The molecule has 5 rings (SSSR count). The Balaban J connectivity index is 1.29. The second-order valence-corrected chi connectivity index (χ2v) is 8.47. The first-order chi connectivity index (χ1) is 16.7. The van der Waals surface area contributed by atoms with Crippen molar-refractivity contribution in [3.8, 4) is 11.3 Å². The van der Waals surface area contributed by atoms with E-state index in [0.717, 1.165) is 17.5 Å². The van der Waals surface area contributed by atoms with Gasteiger partial charge in [-0.1, -0.05) is 23.7 Å². The molecule has 4 aromatic rings. The molecule has 1 saturated carbocycles. The number of imidazole rings is 1. The van der Waals surface area contributed by atoms with Crippen LogP contribution in [0.3, 0.4) is 0 Å². The van der Waals surface area contributed by atoms with Gasteiger partial charge in [0.2, 0.25) is 11.8 Å². The molecular weight excluding hydrogens is 485 g/mol. The number of nitrogens with one attached hydrogen (secondary N) is 2. The van der Waals surface area contributed by atoms with Crippen LogP contribution in [0.5, 0.6) is 0 Å². The van der Waals surface area contributed by atoms with Gasteiger partial charge in [0.15, 0.2) is 5.65 Å². The molecule has 178 valence electrons. The molecule has 2 amide bonds. The SMILES string of the molecule is O=C(Nc1ccc(-c2cnc3cnccn23)cc1)C1(C(=O)Nc2cc(C(F)(F)F)c(Cl)cn2)CC1. The highest BCUT2D eigenvalue weighted by Gasteiger charge is 2.56. The highest BCUT2D eigenvalue weighted by atomic mass is 35.5. The first-order valence-electron chi connectivity index (χ1n) is 10.4. The van der Waals surface area contributed by atoms with E-state index in [1.807, 2.05) is 4.40 Å². The molecule has 0 aliphatic heterocycles. The number of alkyl halides is 3. The lowest BCUT2D eigenvalue weighted by molar-refractivity contribution is -0.137. The maximum absolute atomic E-state index is 13.1. The minimum absolute atomic E-state index is 0.262. The standard InChI is InChI=1S/C23H16ClF3N6O2/c24-16-10-29-18(9-15(16)23(25,26)27)32-21(35)22(5-6-22)20(34)31-14-3-1-13(2-4-14)17-11-30-19-12-28-7-8-33(17)19/h1-4,7-12H,5-6H2,(H,31,34)(H,29,32,35). The summed E-state index contributed by atoms with van der Waals surface area (Å²) in [6.45, 7) is 0. The topological polar surface area (TPSA) is 101 Å². The van der Waals surface area contributed by atoms with Crippen molar-refractivity contribution in [1.82, 2.24) is 19.4 Å². The molecule has 0 unspecified atom stereocenters. The number of carbonyl (C=O) groups is 2. The van der Waals surface area contributed by atoms with E-state index in [9.17, 15) is 22.8 Å². The van der Waals surface area contributed by atoms with Crippen LogP contribution < -0.4 is 10.6 Å². The van der Waals surface area contributed by atoms with E-state index in [2.05, 4.69) is 25.6 Å². The van der Waals surface area contributed by atoms with Gasteiger partial charge >= 0.3 is 6.18 Å². The van der Waals surface area contributed by atoms with E-state index < -0.39 is 34.0 Å². The molecule has 12 heteroatoms. The predicted octanol–water partition coefficient (Wildman–Crippen LogP) is 4.82. The lowest BCUT2D eigenvalue weighted by atomic mass is 10.0. The van der Waals surface area contributed by atoms with Crippen LogP contribution >= 0.6 is 11.6 Å². The zero-order valence-electron chi connectivity index (χ0n) is 17.8. The molecule has 0 bridgehead atoms. The zero-order chi connectivity index (χ0) is 24.8. The molecule has 3 aromatic heterocycles. The number of amides is 2. The minimum atomic E-state index is -4.71. The third-order valence-electron chi connectivity index (χ3n) is 5.78. The smallest absolute Gasteiger partial charge is 0.325 e. The average Bonchev–Trinajstić information content (AvgIpc) is 3.54. The largest absolute Gasteiger partial charge is 0.418 e. The highest BCUT2D eigenvalue weighted by molar-refractivity contribution is 6.31. The van der Waals surface area contributed by atoms with Crippen LogP contribution in [0, 0.1) is 5.41 Å². The fourth-order valence-electron chi connectivity index (χ4n) is 3.67. The maximum Gasteiger partial charge on any atom is 0.418 e. The third-order valence-corrected chi connectivity index (χ3v) is 6.08. The summed E-state index contributed by atoms with van der Waals surface area (Å²) < 4.78 is 41.1. The lowest BCUT2D eigenvalue weighted by Crippen LogP contribution is -2.36. The van der Waals surface area contributed by atoms with E-state index >= 15 is 0 Å². The lowest BCUT2D eigenvalue weighted by Gasteiger charge is -2.16. The molecule has 2 N–H and O–H groups in total.